The highest BCUT2D eigenvalue weighted by Gasteiger charge is 2.33. The second-order valence-corrected chi connectivity index (χ2v) is 8.87. The average molecular weight is 509 g/mol. The van der Waals surface area contributed by atoms with Crippen LogP contribution in [0, 0.1) is 0 Å². The number of ether oxygens (including phenoxy) is 1. The summed E-state index contributed by atoms with van der Waals surface area (Å²) in [6.45, 7) is 1.14. The van der Waals surface area contributed by atoms with Crippen molar-refractivity contribution < 1.29 is 14.3 Å². The van der Waals surface area contributed by atoms with Crippen LogP contribution >= 0.6 is 0 Å². The molecule has 0 radical (unpaired) electrons. The number of carbonyl (C=O) groups excluding carboxylic acids is 2. The molecule has 11 heteroatoms. The van der Waals surface area contributed by atoms with E-state index in [2.05, 4.69) is 25.4 Å². The van der Waals surface area contributed by atoms with Gasteiger partial charge in [0.2, 0.25) is 5.78 Å². The third-order valence-electron chi connectivity index (χ3n) is 6.48. The van der Waals surface area contributed by atoms with E-state index in [9.17, 15) is 9.59 Å². The molecule has 38 heavy (non-hydrogen) atoms. The van der Waals surface area contributed by atoms with Crippen LogP contribution in [0.3, 0.4) is 0 Å². The Morgan fingerprint density at radius 2 is 1.92 bits per heavy atom. The predicted molar refractivity (Wildman–Crippen MR) is 138 cm³/mol. The van der Waals surface area contributed by atoms with Crippen molar-refractivity contribution in [2.45, 2.75) is 6.04 Å². The number of aryl methyl sites for hydroxylation is 1. The van der Waals surface area contributed by atoms with E-state index in [1.807, 2.05) is 48.7 Å². The van der Waals surface area contributed by atoms with Crippen molar-refractivity contribution in [1.82, 2.24) is 34.0 Å². The molecule has 190 valence electrons. The third kappa shape index (κ3) is 4.39. The van der Waals surface area contributed by atoms with Gasteiger partial charge in [-0.1, -0.05) is 36.4 Å². The topological polar surface area (TPSA) is 120 Å². The van der Waals surface area contributed by atoms with Gasteiger partial charge >= 0.3 is 0 Å². The van der Waals surface area contributed by atoms with Crippen LogP contribution in [0.2, 0.25) is 0 Å². The number of aromatic nitrogens is 6. The Morgan fingerprint density at radius 1 is 1.05 bits per heavy atom. The molecule has 1 unspecified atom stereocenters. The highest BCUT2D eigenvalue weighted by Crippen LogP contribution is 2.27. The fourth-order valence-electron chi connectivity index (χ4n) is 4.58. The van der Waals surface area contributed by atoms with Gasteiger partial charge in [0, 0.05) is 43.9 Å². The minimum atomic E-state index is -0.494. The van der Waals surface area contributed by atoms with Gasteiger partial charge < -0.3 is 15.0 Å². The smallest absolute Gasteiger partial charge is 0.275 e. The molecule has 1 atom stereocenters. The van der Waals surface area contributed by atoms with Crippen LogP contribution in [0.4, 0.5) is 5.82 Å². The van der Waals surface area contributed by atoms with Gasteiger partial charge in [-0.05, 0) is 17.7 Å². The van der Waals surface area contributed by atoms with E-state index >= 15 is 0 Å². The summed E-state index contributed by atoms with van der Waals surface area (Å²) in [6, 6.07) is 14.9. The number of nitrogens with zero attached hydrogens (tertiary/aromatic N) is 7. The molecule has 5 heterocycles. The van der Waals surface area contributed by atoms with Crippen molar-refractivity contribution >= 4 is 23.4 Å². The third-order valence-corrected chi connectivity index (χ3v) is 6.48. The molecule has 6 rings (SSSR count). The Kier molecular flexibility index (Phi) is 6.10. The first-order valence-electron chi connectivity index (χ1n) is 12.1. The molecule has 11 nitrogen and oxygen atoms in total. The number of amides is 2. The normalized spacial score (nSPS) is 15.5. The molecular weight excluding hydrogens is 484 g/mol. The van der Waals surface area contributed by atoms with Crippen LogP contribution in [-0.4, -0.2) is 65.6 Å². The van der Waals surface area contributed by atoms with E-state index in [4.69, 9.17) is 4.74 Å². The molecule has 1 aromatic carbocycles. The summed E-state index contributed by atoms with van der Waals surface area (Å²) in [6.07, 6.45) is 8.48. The molecule has 1 fully saturated rings. The SMILES string of the molecule is Cn1ncc(C(=O)N2CCOCC2c2cccnc2)c1C(=O)Nc1ccn2cc(-c3ccccc3)nc2n1. The Morgan fingerprint density at radius 3 is 2.74 bits per heavy atom. The van der Waals surface area contributed by atoms with Gasteiger partial charge in [-0.3, -0.25) is 23.7 Å². The summed E-state index contributed by atoms with van der Waals surface area (Å²) in [4.78, 5) is 42.0. The van der Waals surface area contributed by atoms with Crippen molar-refractivity contribution in [3.8, 4) is 11.3 Å². The Labute approximate surface area is 217 Å². The zero-order valence-corrected chi connectivity index (χ0v) is 20.6. The monoisotopic (exact) mass is 508 g/mol. The van der Waals surface area contributed by atoms with E-state index < -0.39 is 5.91 Å². The summed E-state index contributed by atoms with van der Waals surface area (Å²) >= 11 is 0. The molecule has 0 bridgehead atoms. The van der Waals surface area contributed by atoms with E-state index in [1.54, 1.807) is 41.0 Å². The first kappa shape index (κ1) is 23.5. The zero-order valence-electron chi connectivity index (χ0n) is 20.6. The second-order valence-electron chi connectivity index (χ2n) is 8.87. The number of imidazole rings is 1. The van der Waals surface area contributed by atoms with Crippen molar-refractivity contribution in [1.29, 1.82) is 0 Å². The molecule has 1 N–H and O–H groups in total. The Bertz CT molecular complexity index is 1610. The molecule has 1 aliphatic rings. The first-order valence-corrected chi connectivity index (χ1v) is 12.1. The van der Waals surface area contributed by atoms with Crippen molar-refractivity contribution in [3.05, 3.63) is 96.3 Å². The highest BCUT2D eigenvalue weighted by molar-refractivity contribution is 6.10. The van der Waals surface area contributed by atoms with Gasteiger partial charge in [0.05, 0.1) is 36.7 Å². The van der Waals surface area contributed by atoms with Crippen LogP contribution in [0.5, 0.6) is 0 Å². The van der Waals surface area contributed by atoms with Gasteiger partial charge in [-0.15, -0.1) is 0 Å². The Balaban J connectivity index is 1.26. The number of nitrogens with one attached hydrogen (secondary N) is 1. The van der Waals surface area contributed by atoms with Gasteiger partial charge in [0.1, 0.15) is 11.5 Å². The molecule has 0 saturated carbocycles. The van der Waals surface area contributed by atoms with Gasteiger partial charge in [-0.2, -0.15) is 10.1 Å². The van der Waals surface area contributed by atoms with E-state index in [0.717, 1.165) is 16.8 Å². The summed E-state index contributed by atoms with van der Waals surface area (Å²) < 4.78 is 8.82. The maximum Gasteiger partial charge on any atom is 0.275 e. The van der Waals surface area contributed by atoms with Gasteiger partial charge in [-0.25, -0.2) is 4.98 Å². The second kappa shape index (κ2) is 9.87. The van der Waals surface area contributed by atoms with E-state index in [1.165, 1.54) is 10.9 Å². The highest BCUT2D eigenvalue weighted by atomic mass is 16.5. The van der Waals surface area contributed by atoms with Crippen LogP contribution in [0.1, 0.15) is 32.5 Å². The number of morpholine rings is 1. The van der Waals surface area contributed by atoms with E-state index in [0.29, 0.717) is 31.4 Å². The molecular formula is C27H24N8O3. The lowest BCUT2D eigenvalue weighted by Crippen LogP contribution is -2.44. The van der Waals surface area contributed by atoms with E-state index in [-0.39, 0.29) is 23.2 Å². The number of carbonyl (C=O) groups is 2. The van der Waals surface area contributed by atoms with Crippen LogP contribution in [0.15, 0.2) is 79.5 Å². The molecule has 0 aliphatic carbocycles. The maximum atomic E-state index is 13.7. The summed E-state index contributed by atoms with van der Waals surface area (Å²) in [7, 11) is 1.63. The van der Waals surface area contributed by atoms with Gasteiger partial charge in [0.25, 0.3) is 11.8 Å². The summed E-state index contributed by atoms with van der Waals surface area (Å²) in [5.74, 6) is -0.0432. The fourth-order valence-corrected chi connectivity index (χ4v) is 4.58. The number of hydrogen-bond donors (Lipinski definition) is 1. The minimum Gasteiger partial charge on any atom is -0.377 e. The zero-order chi connectivity index (χ0) is 26.1. The molecule has 2 amide bonds. The quantitative estimate of drug-likeness (QED) is 0.388. The van der Waals surface area contributed by atoms with Crippen LogP contribution in [-0.2, 0) is 11.8 Å². The molecule has 1 saturated heterocycles. The lowest BCUT2D eigenvalue weighted by molar-refractivity contribution is -0.00284. The predicted octanol–water partition coefficient (Wildman–Crippen LogP) is 2.99. The number of pyridine rings is 1. The van der Waals surface area contributed by atoms with Crippen LogP contribution in [0.25, 0.3) is 17.0 Å². The molecule has 1 aliphatic heterocycles. The number of benzene rings is 1. The lowest BCUT2D eigenvalue weighted by atomic mass is 10.1. The van der Waals surface area contributed by atoms with Crippen LogP contribution < -0.4 is 5.32 Å². The number of anilines is 1. The molecule has 0 spiro atoms. The first-order chi connectivity index (χ1) is 18.6. The van der Waals surface area contributed by atoms with Crippen molar-refractivity contribution in [2.75, 3.05) is 25.1 Å². The molecule has 5 aromatic rings. The minimum absolute atomic E-state index is 0.140. The summed E-state index contributed by atoms with van der Waals surface area (Å²) in [5.41, 5.74) is 2.95. The summed E-state index contributed by atoms with van der Waals surface area (Å²) in [5, 5.41) is 7.01. The van der Waals surface area contributed by atoms with Crippen molar-refractivity contribution in [2.24, 2.45) is 7.05 Å². The lowest BCUT2D eigenvalue weighted by Gasteiger charge is -2.35. The number of hydrogen-bond acceptors (Lipinski definition) is 7. The maximum absolute atomic E-state index is 13.7. The fraction of sp³-hybridized carbons (Fsp3) is 0.185. The van der Waals surface area contributed by atoms with Gasteiger partial charge in [0.15, 0.2) is 0 Å². The standard InChI is InChI=1S/C27H24N8O3/c1-33-24(20(15-29-33)26(37)35-12-13-38-17-22(35)19-8-5-10-28-14-19)25(36)31-23-9-11-34-16-21(30-27(34)32-23)18-6-3-2-4-7-18/h2-11,14-16,22H,12-13,17H2,1H3,(H,30,31,32,36). The largest absolute Gasteiger partial charge is 0.377 e. The van der Waals surface area contributed by atoms with Crippen molar-refractivity contribution in [3.63, 3.8) is 0 Å². The Hall–Kier alpha value is -4.90. The number of rotatable bonds is 5. The average Bonchev–Trinajstić information content (AvgIpc) is 3.57. The molecule has 4 aromatic heterocycles. The number of fused-ring (bicyclic) bond motifs is 1.